The van der Waals surface area contributed by atoms with Crippen LogP contribution in [-0.4, -0.2) is 42.5 Å². The standard InChI is InChI=1S/C9H12O4.C4H6O3/c1-4-8(10)12-6-7(3)13-9(11)5-2;1-2-4(6)7-3-5/h4-5,7H,1-2,6H2,3H3;2,5H,1,3H2. The average molecular weight is 286 g/mol. The molecule has 0 aliphatic carbocycles. The van der Waals surface area contributed by atoms with Crippen LogP contribution in [0, 0.1) is 0 Å². The van der Waals surface area contributed by atoms with E-state index in [1.54, 1.807) is 6.92 Å². The van der Waals surface area contributed by atoms with Crippen LogP contribution in [0.5, 0.6) is 0 Å². The van der Waals surface area contributed by atoms with Gasteiger partial charge >= 0.3 is 17.9 Å². The monoisotopic (exact) mass is 286 g/mol. The molecule has 0 saturated heterocycles. The van der Waals surface area contributed by atoms with E-state index < -0.39 is 30.8 Å². The van der Waals surface area contributed by atoms with Crippen molar-refractivity contribution in [2.45, 2.75) is 13.0 Å². The summed E-state index contributed by atoms with van der Waals surface area (Å²) in [6, 6.07) is 0. The third-order valence-corrected chi connectivity index (χ3v) is 1.48. The molecule has 0 aromatic rings. The van der Waals surface area contributed by atoms with Gasteiger partial charge in [-0.05, 0) is 6.92 Å². The predicted octanol–water partition coefficient (Wildman–Crippen LogP) is 0.499. The van der Waals surface area contributed by atoms with Gasteiger partial charge in [0.25, 0.3) is 0 Å². The molecule has 0 saturated carbocycles. The molecule has 0 heterocycles. The lowest BCUT2D eigenvalue weighted by Gasteiger charge is -2.10. The van der Waals surface area contributed by atoms with E-state index in [4.69, 9.17) is 9.84 Å². The summed E-state index contributed by atoms with van der Waals surface area (Å²) >= 11 is 0. The van der Waals surface area contributed by atoms with Gasteiger partial charge in [0, 0.05) is 18.2 Å². The lowest BCUT2D eigenvalue weighted by Crippen LogP contribution is -2.20. The van der Waals surface area contributed by atoms with Crippen molar-refractivity contribution in [3.8, 4) is 0 Å². The fraction of sp³-hybridized carbons (Fsp3) is 0.308. The van der Waals surface area contributed by atoms with Crippen molar-refractivity contribution in [3.05, 3.63) is 38.0 Å². The molecule has 0 fully saturated rings. The van der Waals surface area contributed by atoms with E-state index in [0.29, 0.717) is 0 Å². The van der Waals surface area contributed by atoms with Crippen LogP contribution in [0.1, 0.15) is 6.92 Å². The van der Waals surface area contributed by atoms with Crippen LogP contribution in [-0.2, 0) is 28.6 Å². The molecule has 0 spiro atoms. The number of hydrogen-bond donors (Lipinski definition) is 1. The van der Waals surface area contributed by atoms with Crippen LogP contribution in [0.2, 0.25) is 0 Å². The van der Waals surface area contributed by atoms with Crippen LogP contribution < -0.4 is 0 Å². The first-order valence-electron chi connectivity index (χ1n) is 5.43. The van der Waals surface area contributed by atoms with Crippen LogP contribution in [0.3, 0.4) is 0 Å². The fourth-order valence-electron chi connectivity index (χ4n) is 0.661. The van der Waals surface area contributed by atoms with Crippen molar-refractivity contribution in [2.24, 2.45) is 0 Å². The smallest absolute Gasteiger partial charge is 0.332 e. The Labute approximate surface area is 117 Å². The Balaban J connectivity index is 0. The van der Waals surface area contributed by atoms with Gasteiger partial charge in [-0.2, -0.15) is 0 Å². The number of aliphatic hydroxyl groups excluding tert-OH is 1. The van der Waals surface area contributed by atoms with Crippen LogP contribution >= 0.6 is 0 Å². The summed E-state index contributed by atoms with van der Waals surface area (Å²) in [7, 11) is 0. The lowest BCUT2D eigenvalue weighted by molar-refractivity contribution is -0.151. The second kappa shape index (κ2) is 13.0. The third-order valence-electron chi connectivity index (χ3n) is 1.48. The molecule has 112 valence electrons. The van der Waals surface area contributed by atoms with Gasteiger partial charge in [-0.1, -0.05) is 19.7 Å². The minimum absolute atomic E-state index is 0.0183. The summed E-state index contributed by atoms with van der Waals surface area (Å²) in [4.78, 5) is 31.1. The molecule has 0 amide bonds. The molecule has 0 aromatic carbocycles. The fourth-order valence-corrected chi connectivity index (χ4v) is 0.661. The highest BCUT2D eigenvalue weighted by atomic mass is 16.6. The zero-order valence-corrected chi connectivity index (χ0v) is 11.2. The molecular weight excluding hydrogens is 268 g/mol. The van der Waals surface area contributed by atoms with E-state index in [-0.39, 0.29) is 6.61 Å². The number of aliphatic hydroxyl groups is 1. The summed E-state index contributed by atoms with van der Waals surface area (Å²) in [6.45, 7) is 10.6. The van der Waals surface area contributed by atoms with E-state index in [1.807, 2.05) is 0 Å². The number of carbonyl (C=O) groups is 3. The number of rotatable bonds is 7. The number of carbonyl (C=O) groups excluding carboxylic acids is 3. The van der Waals surface area contributed by atoms with Gasteiger partial charge in [-0.15, -0.1) is 0 Å². The normalized spacial score (nSPS) is 9.90. The second-order valence-electron chi connectivity index (χ2n) is 3.08. The van der Waals surface area contributed by atoms with Gasteiger partial charge in [0.1, 0.15) is 12.7 Å². The topological polar surface area (TPSA) is 99.1 Å². The molecule has 0 bridgehead atoms. The minimum atomic E-state index is -0.609. The molecule has 7 heteroatoms. The molecule has 0 aliphatic rings. The molecule has 1 atom stereocenters. The van der Waals surface area contributed by atoms with Crippen LogP contribution in [0.4, 0.5) is 0 Å². The Bertz CT molecular complexity index is 360. The first kappa shape index (κ1) is 19.9. The summed E-state index contributed by atoms with van der Waals surface area (Å²) in [6.07, 6.45) is 2.60. The maximum atomic E-state index is 10.6. The molecule has 1 unspecified atom stereocenters. The Hall–Kier alpha value is -2.41. The molecule has 7 nitrogen and oxygen atoms in total. The van der Waals surface area contributed by atoms with E-state index in [1.165, 1.54) is 0 Å². The first-order valence-corrected chi connectivity index (χ1v) is 5.43. The molecule has 1 N–H and O–H groups in total. The van der Waals surface area contributed by atoms with Crippen LogP contribution in [0.15, 0.2) is 38.0 Å². The minimum Gasteiger partial charge on any atom is -0.459 e. The zero-order valence-electron chi connectivity index (χ0n) is 11.2. The summed E-state index contributed by atoms with van der Waals surface area (Å²) in [5.74, 6) is -1.69. The number of hydrogen-bond acceptors (Lipinski definition) is 7. The van der Waals surface area contributed by atoms with E-state index in [2.05, 4.69) is 29.2 Å². The average Bonchev–Trinajstić information content (AvgIpc) is 2.45. The van der Waals surface area contributed by atoms with Crippen LogP contribution in [0.25, 0.3) is 0 Å². The van der Waals surface area contributed by atoms with E-state index in [9.17, 15) is 14.4 Å². The van der Waals surface area contributed by atoms with Gasteiger partial charge in [0.05, 0.1) is 0 Å². The third kappa shape index (κ3) is 13.7. The number of esters is 3. The van der Waals surface area contributed by atoms with Gasteiger partial charge < -0.3 is 19.3 Å². The Kier molecular flexibility index (Phi) is 13.0. The second-order valence-corrected chi connectivity index (χ2v) is 3.08. The van der Waals surface area contributed by atoms with Gasteiger partial charge in [0.2, 0.25) is 0 Å². The molecular formula is C13H18O7. The lowest BCUT2D eigenvalue weighted by atomic mass is 10.4. The predicted molar refractivity (Wildman–Crippen MR) is 70.3 cm³/mol. The highest BCUT2D eigenvalue weighted by Gasteiger charge is 2.07. The summed E-state index contributed by atoms with van der Waals surface area (Å²) in [5, 5.41) is 7.88. The molecule has 0 rings (SSSR count). The molecule has 20 heavy (non-hydrogen) atoms. The zero-order chi connectivity index (χ0) is 16.0. The van der Waals surface area contributed by atoms with Crippen molar-refractivity contribution in [3.63, 3.8) is 0 Å². The van der Waals surface area contributed by atoms with Gasteiger partial charge in [0.15, 0.2) is 6.79 Å². The maximum Gasteiger partial charge on any atom is 0.332 e. The summed E-state index contributed by atoms with van der Waals surface area (Å²) < 4.78 is 13.3. The van der Waals surface area contributed by atoms with Gasteiger partial charge in [-0.25, -0.2) is 14.4 Å². The quantitative estimate of drug-likeness (QED) is 0.315. The van der Waals surface area contributed by atoms with E-state index >= 15 is 0 Å². The Morgan fingerprint density at radius 1 is 1.00 bits per heavy atom. The molecule has 0 aliphatic heterocycles. The highest BCUT2D eigenvalue weighted by Crippen LogP contribution is 1.94. The Morgan fingerprint density at radius 3 is 1.80 bits per heavy atom. The van der Waals surface area contributed by atoms with Crippen molar-refractivity contribution in [2.75, 3.05) is 13.4 Å². The van der Waals surface area contributed by atoms with Crippen molar-refractivity contribution in [1.82, 2.24) is 0 Å². The van der Waals surface area contributed by atoms with Crippen molar-refractivity contribution >= 4 is 17.9 Å². The van der Waals surface area contributed by atoms with Gasteiger partial charge in [-0.3, -0.25) is 0 Å². The van der Waals surface area contributed by atoms with Crippen molar-refractivity contribution < 1.29 is 33.7 Å². The maximum absolute atomic E-state index is 10.6. The molecule has 0 aromatic heterocycles. The van der Waals surface area contributed by atoms with E-state index in [0.717, 1.165) is 18.2 Å². The number of ether oxygens (including phenoxy) is 3. The first-order chi connectivity index (χ1) is 9.40. The Morgan fingerprint density at radius 2 is 1.45 bits per heavy atom. The SMILES string of the molecule is C=CC(=O)OCC(C)OC(=O)C=C.C=CC(=O)OCO. The van der Waals surface area contributed by atoms with Crippen molar-refractivity contribution in [1.29, 1.82) is 0 Å². The largest absolute Gasteiger partial charge is 0.459 e. The molecule has 0 radical (unpaired) electrons. The highest BCUT2D eigenvalue weighted by molar-refractivity contribution is 5.82. The summed E-state index contributed by atoms with van der Waals surface area (Å²) in [5.41, 5.74) is 0.